The summed E-state index contributed by atoms with van der Waals surface area (Å²) in [6.07, 6.45) is 1.73. The number of aliphatic hydroxyl groups excluding tert-OH is 1. The highest BCUT2D eigenvalue weighted by Crippen LogP contribution is 2.42. The summed E-state index contributed by atoms with van der Waals surface area (Å²) >= 11 is 3.34. The lowest BCUT2D eigenvalue weighted by Crippen LogP contribution is -2.53. The normalized spacial score (nSPS) is 20.5. The molecule has 1 fully saturated rings. The van der Waals surface area contributed by atoms with Crippen molar-refractivity contribution in [3.8, 4) is 0 Å². The van der Waals surface area contributed by atoms with Crippen LogP contribution in [0.15, 0.2) is 65.7 Å². The molecule has 0 spiro atoms. The van der Waals surface area contributed by atoms with Gasteiger partial charge in [0.2, 0.25) is 0 Å². The molecule has 4 unspecified atom stereocenters. The van der Waals surface area contributed by atoms with E-state index in [1.54, 1.807) is 48.5 Å². The van der Waals surface area contributed by atoms with Crippen LogP contribution < -0.4 is 16.6 Å². The van der Waals surface area contributed by atoms with Crippen molar-refractivity contribution in [2.24, 2.45) is 17.7 Å². The second kappa shape index (κ2) is 8.77. The predicted octanol–water partition coefficient (Wildman–Crippen LogP) is 3.47. The minimum Gasteiger partial charge on any atom is -0.454 e. The fourth-order valence-corrected chi connectivity index (χ4v) is 3.75. The lowest BCUT2D eigenvalue weighted by Gasteiger charge is -2.45. The zero-order valence-electron chi connectivity index (χ0n) is 15.4. The molecule has 0 aromatic heterocycles. The smallest absolute Gasteiger partial charge is 0.338 e. The maximum Gasteiger partial charge on any atom is 0.338 e. The van der Waals surface area contributed by atoms with Gasteiger partial charge in [0.15, 0.2) is 0 Å². The SMILES string of the molecule is C=CC(OC(=O)c1ccc(Br)cc1)C1CCC1C(O)N(N)c1ccccc1N. The first-order valence-corrected chi connectivity index (χ1v) is 9.87. The minimum atomic E-state index is -0.947. The standard InChI is InChI=1S/C21H24BrN3O3/c1-2-19(28-21(27)13-7-9-14(22)10-8-13)15-11-12-16(15)20(26)25(24)18-6-4-3-5-17(18)23/h2-10,15-16,19-20,26H,1,11-12,23-24H2. The van der Waals surface area contributed by atoms with Crippen molar-refractivity contribution in [3.05, 3.63) is 71.2 Å². The van der Waals surface area contributed by atoms with E-state index in [0.717, 1.165) is 17.3 Å². The van der Waals surface area contributed by atoms with E-state index in [-0.39, 0.29) is 11.8 Å². The molecule has 1 saturated carbocycles. The molecule has 5 N–H and O–H groups in total. The molecule has 7 heteroatoms. The number of nitrogens with two attached hydrogens (primary N) is 2. The van der Waals surface area contributed by atoms with Crippen LogP contribution in [0.1, 0.15) is 23.2 Å². The molecule has 1 aliphatic rings. The lowest BCUT2D eigenvalue weighted by atomic mass is 9.69. The third kappa shape index (κ3) is 4.22. The van der Waals surface area contributed by atoms with Crippen LogP contribution in [-0.2, 0) is 4.74 Å². The van der Waals surface area contributed by atoms with Gasteiger partial charge in [-0.2, -0.15) is 0 Å². The zero-order valence-corrected chi connectivity index (χ0v) is 17.0. The van der Waals surface area contributed by atoms with Crippen LogP contribution in [-0.4, -0.2) is 23.4 Å². The van der Waals surface area contributed by atoms with E-state index in [9.17, 15) is 9.90 Å². The number of carbonyl (C=O) groups is 1. The Morgan fingerprint density at radius 3 is 2.43 bits per heavy atom. The first-order valence-electron chi connectivity index (χ1n) is 9.08. The highest BCUT2D eigenvalue weighted by molar-refractivity contribution is 9.10. The van der Waals surface area contributed by atoms with Crippen LogP contribution in [0, 0.1) is 11.8 Å². The highest BCUT2D eigenvalue weighted by atomic mass is 79.9. The molecule has 0 aliphatic heterocycles. The summed E-state index contributed by atoms with van der Waals surface area (Å²) in [4.78, 5) is 12.4. The van der Waals surface area contributed by atoms with E-state index in [0.29, 0.717) is 16.9 Å². The zero-order chi connectivity index (χ0) is 20.3. The Hall–Kier alpha value is -2.35. The number of halogens is 1. The van der Waals surface area contributed by atoms with E-state index in [4.69, 9.17) is 16.3 Å². The monoisotopic (exact) mass is 445 g/mol. The molecule has 6 nitrogen and oxygen atoms in total. The Morgan fingerprint density at radius 1 is 1.21 bits per heavy atom. The number of esters is 1. The first-order chi connectivity index (χ1) is 13.4. The fraction of sp³-hybridized carbons (Fsp3) is 0.286. The second-order valence-electron chi connectivity index (χ2n) is 6.90. The van der Waals surface area contributed by atoms with Gasteiger partial charge in [-0.3, -0.25) is 5.01 Å². The number of carbonyl (C=O) groups excluding carboxylic acids is 1. The van der Waals surface area contributed by atoms with Gasteiger partial charge in [-0.1, -0.05) is 40.7 Å². The van der Waals surface area contributed by atoms with E-state index >= 15 is 0 Å². The predicted molar refractivity (Wildman–Crippen MR) is 113 cm³/mol. The van der Waals surface area contributed by atoms with E-state index in [1.165, 1.54) is 5.01 Å². The minimum absolute atomic E-state index is 0.0668. The molecular weight excluding hydrogens is 422 g/mol. The van der Waals surface area contributed by atoms with Gasteiger partial charge >= 0.3 is 5.97 Å². The third-order valence-electron chi connectivity index (χ3n) is 5.24. The number of hydrogen-bond donors (Lipinski definition) is 3. The van der Waals surface area contributed by atoms with Crippen LogP contribution in [0.2, 0.25) is 0 Å². The summed E-state index contributed by atoms with van der Waals surface area (Å²) in [7, 11) is 0. The number of hydrazine groups is 1. The number of para-hydroxylation sites is 2. The molecule has 0 saturated heterocycles. The maximum absolute atomic E-state index is 12.4. The van der Waals surface area contributed by atoms with Crippen molar-refractivity contribution in [1.82, 2.24) is 0 Å². The Balaban J connectivity index is 1.68. The van der Waals surface area contributed by atoms with E-state index in [2.05, 4.69) is 22.5 Å². The summed E-state index contributed by atoms with van der Waals surface area (Å²) in [5.74, 6) is 5.48. The molecule has 3 rings (SSSR count). The fourth-order valence-electron chi connectivity index (χ4n) is 3.49. The first kappa shape index (κ1) is 20.4. The van der Waals surface area contributed by atoms with Crippen molar-refractivity contribution in [1.29, 1.82) is 0 Å². The van der Waals surface area contributed by atoms with Gasteiger partial charge in [0.1, 0.15) is 12.3 Å². The van der Waals surface area contributed by atoms with E-state index < -0.39 is 18.3 Å². The van der Waals surface area contributed by atoms with Crippen LogP contribution >= 0.6 is 15.9 Å². The summed E-state index contributed by atoms with van der Waals surface area (Å²) in [5.41, 5.74) is 7.47. The van der Waals surface area contributed by atoms with Gasteiger partial charge in [-0.05, 0) is 49.2 Å². The van der Waals surface area contributed by atoms with E-state index in [1.807, 2.05) is 6.07 Å². The second-order valence-corrected chi connectivity index (χ2v) is 7.81. The summed E-state index contributed by atoms with van der Waals surface area (Å²) < 4.78 is 6.54. The van der Waals surface area contributed by atoms with Gasteiger partial charge in [0.25, 0.3) is 0 Å². The Labute approximate surface area is 172 Å². The Bertz CT molecular complexity index is 843. The van der Waals surface area contributed by atoms with Crippen LogP contribution in [0.25, 0.3) is 0 Å². The van der Waals surface area contributed by atoms with Gasteiger partial charge in [-0.15, -0.1) is 0 Å². The van der Waals surface area contributed by atoms with Crippen LogP contribution in [0.5, 0.6) is 0 Å². The van der Waals surface area contributed by atoms with Crippen molar-refractivity contribution < 1.29 is 14.6 Å². The molecular formula is C21H24BrN3O3. The van der Waals surface area contributed by atoms with Crippen LogP contribution in [0.4, 0.5) is 11.4 Å². The van der Waals surface area contributed by atoms with Crippen molar-refractivity contribution in [3.63, 3.8) is 0 Å². The molecule has 0 heterocycles. The average Bonchev–Trinajstić information content (AvgIpc) is 2.66. The summed E-state index contributed by atoms with van der Waals surface area (Å²) in [5, 5.41) is 12.1. The van der Waals surface area contributed by atoms with Crippen molar-refractivity contribution >= 4 is 33.3 Å². The Kier molecular flexibility index (Phi) is 6.39. The molecule has 2 aromatic rings. The maximum atomic E-state index is 12.4. The van der Waals surface area contributed by atoms with Crippen LogP contribution in [0.3, 0.4) is 0 Å². The molecule has 0 bridgehead atoms. The number of nitrogens with zero attached hydrogens (tertiary/aromatic N) is 1. The van der Waals surface area contributed by atoms with Gasteiger partial charge in [-0.25, -0.2) is 10.6 Å². The number of rotatable bonds is 7. The number of ether oxygens (including phenoxy) is 1. The topological polar surface area (TPSA) is 102 Å². The number of benzene rings is 2. The number of aliphatic hydroxyl groups is 1. The Morgan fingerprint density at radius 2 is 1.86 bits per heavy atom. The third-order valence-corrected chi connectivity index (χ3v) is 5.77. The van der Waals surface area contributed by atoms with Gasteiger partial charge < -0.3 is 15.6 Å². The summed E-state index contributed by atoms with van der Waals surface area (Å²) in [6, 6.07) is 14.1. The highest BCUT2D eigenvalue weighted by Gasteiger charge is 2.43. The van der Waals surface area contributed by atoms with Gasteiger partial charge in [0.05, 0.1) is 16.9 Å². The number of anilines is 2. The molecule has 0 amide bonds. The molecule has 1 aliphatic carbocycles. The number of hydrogen-bond acceptors (Lipinski definition) is 6. The number of nitrogen functional groups attached to an aromatic ring is 1. The molecule has 148 valence electrons. The molecule has 2 aromatic carbocycles. The van der Waals surface area contributed by atoms with Gasteiger partial charge in [0, 0.05) is 16.3 Å². The lowest BCUT2D eigenvalue weighted by molar-refractivity contribution is -0.0477. The summed E-state index contributed by atoms with van der Waals surface area (Å²) in [6.45, 7) is 3.80. The van der Waals surface area contributed by atoms with Crippen molar-refractivity contribution in [2.75, 3.05) is 10.7 Å². The molecule has 0 radical (unpaired) electrons. The average molecular weight is 446 g/mol. The molecule has 28 heavy (non-hydrogen) atoms. The quantitative estimate of drug-likeness (QED) is 0.150. The largest absolute Gasteiger partial charge is 0.454 e. The van der Waals surface area contributed by atoms with Crippen molar-refractivity contribution in [2.45, 2.75) is 25.2 Å². The molecule has 4 atom stereocenters.